The smallest absolute Gasteiger partial charge is 0.0334 e. The van der Waals surface area contributed by atoms with Crippen molar-refractivity contribution in [2.24, 2.45) is 17.6 Å². The van der Waals surface area contributed by atoms with Gasteiger partial charge in [-0.05, 0) is 56.9 Å². The van der Waals surface area contributed by atoms with Crippen molar-refractivity contribution in [3.05, 3.63) is 0 Å². The van der Waals surface area contributed by atoms with Crippen LogP contribution in [0.15, 0.2) is 0 Å². The molecule has 0 aromatic heterocycles. The molecule has 20 heavy (non-hydrogen) atoms. The van der Waals surface area contributed by atoms with Gasteiger partial charge in [-0.2, -0.15) is 0 Å². The van der Waals surface area contributed by atoms with E-state index in [4.69, 9.17) is 5.73 Å². The molecule has 1 aliphatic carbocycles. The highest BCUT2D eigenvalue weighted by molar-refractivity contribution is 4.99. The Hall–Kier alpha value is -0.0800. The fourth-order valence-electron chi connectivity index (χ4n) is 4.82. The molecule has 2 heteroatoms. The van der Waals surface area contributed by atoms with Crippen LogP contribution in [-0.2, 0) is 0 Å². The Kier molecular flexibility index (Phi) is 5.92. The van der Waals surface area contributed by atoms with Crippen LogP contribution >= 0.6 is 0 Å². The van der Waals surface area contributed by atoms with Crippen molar-refractivity contribution in [3.63, 3.8) is 0 Å². The minimum Gasteiger partial charge on any atom is -0.329 e. The number of piperidine rings is 1. The van der Waals surface area contributed by atoms with Gasteiger partial charge in [0.15, 0.2) is 0 Å². The molecule has 2 fully saturated rings. The number of nitrogens with two attached hydrogens (primary N) is 1. The summed E-state index contributed by atoms with van der Waals surface area (Å²) in [6, 6.07) is 0.838. The van der Waals surface area contributed by atoms with Crippen LogP contribution in [0.25, 0.3) is 0 Å². The Morgan fingerprint density at radius 1 is 1.15 bits per heavy atom. The fourth-order valence-corrected chi connectivity index (χ4v) is 4.82. The van der Waals surface area contributed by atoms with E-state index >= 15 is 0 Å². The topological polar surface area (TPSA) is 29.3 Å². The standard InChI is InChI=1S/C18H36N2/c1-4-15(3)13-18(5-2,14-19)20-12-8-10-16-9-6-7-11-17(16)20/h15-17H,4-14,19H2,1-3H3. The molecule has 118 valence electrons. The number of rotatable bonds is 6. The predicted molar refractivity (Wildman–Crippen MR) is 87.8 cm³/mol. The molecule has 0 spiro atoms. The summed E-state index contributed by atoms with van der Waals surface area (Å²) >= 11 is 0. The maximum atomic E-state index is 6.33. The maximum Gasteiger partial charge on any atom is 0.0334 e. The van der Waals surface area contributed by atoms with Crippen LogP contribution in [0, 0.1) is 11.8 Å². The first-order valence-corrected chi connectivity index (χ1v) is 9.13. The summed E-state index contributed by atoms with van der Waals surface area (Å²) in [6.07, 6.45) is 12.4. The monoisotopic (exact) mass is 280 g/mol. The highest BCUT2D eigenvalue weighted by atomic mass is 15.2. The van der Waals surface area contributed by atoms with Crippen LogP contribution < -0.4 is 5.73 Å². The van der Waals surface area contributed by atoms with Crippen molar-refractivity contribution in [1.82, 2.24) is 4.90 Å². The third-order valence-electron chi connectivity index (χ3n) is 6.32. The minimum absolute atomic E-state index is 0.274. The lowest BCUT2D eigenvalue weighted by molar-refractivity contribution is -0.0383. The third kappa shape index (κ3) is 3.22. The molecule has 1 saturated carbocycles. The largest absolute Gasteiger partial charge is 0.329 e. The number of nitrogens with zero attached hydrogens (tertiary/aromatic N) is 1. The molecule has 4 atom stereocenters. The lowest BCUT2D eigenvalue weighted by atomic mass is 9.73. The molecule has 0 bridgehead atoms. The van der Waals surface area contributed by atoms with Crippen molar-refractivity contribution in [1.29, 1.82) is 0 Å². The quantitative estimate of drug-likeness (QED) is 0.790. The predicted octanol–water partition coefficient (Wildman–Crippen LogP) is 4.18. The molecule has 2 rings (SSSR count). The average Bonchev–Trinajstić information content (AvgIpc) is 2.52. The van der Waals surface area contributed by atoms with Crippen molar-refractivity contribution < 1.29 is 0 Å². The molecule has 0 amide bonds. The SMILES string of the molecule is CCC(C)CC(CC)(CN)N1CCCC2CCCCC21. The fraction of sp³-hybridized carbons (Fsp3) is 1.00. The summed E-state index contributed by atoms with van der Waals surface area (Å²) < 4.78 is 0. The van der Waals surface area contributed by atoms with Gasteiger partial charge in [-0.25, -0.2) is 0 Å². The lowest BCUT2D eigenvalue weighted by Gasteiger charge is -2.54. The summed E-state index contributed by atoms with van der Waals surface area (Å²) in [7, 11) is 0. The Morgan fingerprint density at radius 3 is 2.50 bits per heavy atom. The van der Waals surface area contributed by atoms with Crippen LogP contribution in [0.3, 0.4) is 0 Å². The molecule has 0 aromatic rings. The van der Waals surface area contributed by atoms with Gasteiger partial charge in [-0.1, -0.05) is 40.0 Å². The summed E-state index contributed by atoms with van der Waals surface area (Å²) in [5, 5.41) is 0. The Bertz CT molecular complexity index is 283. The molecule has 2 N–H and O–H groups in total. The molecule has 1 heterocycles. The summed E-state index contributed by atoms with van der Waals surface area (Å²) in [5.74, 6) is 1.76. The van der Waals surface area contributed by atoms with Gasteiger partial charge in [-0.15, -0.1) is 0 Å². The van der Waals surface area contributed by atoms with Gasteiger partial charge in [-0.3, -0.25) is 4.90 Å². The number of hydrogen-bond acceptors (Lipinski definition) is 2. The van der Waals surface area contributed by atoms with E-state index < -0.39 is 0 Å². The van der Waals surface area contributed by atoms with Gasteiger partial charge in [0.25, 0.3) is 0 Å². The molecule has 1 saturated heterocycles. The van der Waals surface area contributed by atoms with E-state index in [0.29, 0.717) is 0 Å². The summed E-state index contributed by atoms with van der Waals surface area (Å²) in [5.41, 5.74) is 6.61. The number of hydrogen-bond donors (Lipinski definition) is 1. The van der Waals surface area contributed by atoms with Gasteiger partial charge in [0.1, 0.15) is 0 Å². The zero-order valence-corrected chi connectivity index (χ0v) is 14.0. The lowest BCUT2D eigenvalue weighted by Crippen LogP contribution is -2.62. The van der Waals surface area contributed by atoms with E-state index in [9.17, 15) is 0 Å². The third-order valence-corrected chi connectivity index (χ3v) is 6.32. The van der Waals surface area contributed by atoms with Crippen LogP contribution in [0.4, 0.5) is 0 Å². The van der Waals surface area contributed by atoms with Crippen LogP contribution in [0.5, 0.6) is 0 Å². The van der Waals surface area contributed by atoms with E-state index in [-0.39, 0.29) is 5.54 Å². The second-order valence-electron chi connectivity index (χ2n) is 7.45. The van der Waals surface area contributed by atoms with E-state index in [1.165, 1.54) is 64.3 Å². The zero-order valence-electron chi connectivity index (χ0n) is 14.0. The zero-order chi connectivity index (χ0) is 14.6. The van der Waals surface area contributed by atoms with Crippen LogP contribution in [-0.4, -0.2) is 29.6 Å². The first-order chi connectivity index (χ1) is 9.66. The Morgan fingerprint density at radius 2 is 1.85 bits per heavy atom. The van der Waals surface area contributed by atoms with Crippen molar-refractivity contribution in [3.8, 4) is 0 Å². The van der Waals surface area contributed by atoms with Gasteiger partial charge >= 0.3 is 0 Å². The van der Waals surface area contributed by atoms with Crippen LogP contribution in [0.1, 0.15) is 78.6 Å². The highest BCUT2D eigenvalue weighted by Crippen LogP contribution is 2.41. The van der Waals surface area contributed by atoms with E-state index in [1.807, 2.05) is 0 Å². The molecule has 2 aliphatic rings. The highest BCUT2D eigenvalue weighted by Gasteiger charge is 2.43. The second-order valence-corrected chi connectivity index (χ2v) is 7.45. The molecule has 4 unspecified atom stereocenters. The van der Waals surface area contributed by atoms with Crippen molar-refractivity contribution >= 4 is 0 Å². The number of likely N-dealkylation sites (tertiary alicyclic amines) is 1. The van der Waals surface area contributed by atoms with Crippen molar-refractivity contribution in [2.45, 2.75) is 90.1 Å². The summed E-state index contributed by atoms with van der Waals surface area (Å²) in [4.78, 5) is 2.88. The minimum atomic E-state index is 0.274. The molecule has 2 nitrogen and oxygen atoms in total. The first kappa shape index (κ1) is 16.3. The Balaban J connectivity index is 2.17. The Labute approximate surface area is 126 Å². The molecule has 0 radical (unpaired) electrons. The maximum absolute atomic E-state index is 6.33. The average molecular weight is 280 g/mol. The van der Waals surface area contributed by atoms with E-state index in [0.717, 1.165) is 24.4 Å². The van der Waals surface area contributed by atoms with Gasteiger partial charge in [0.2, 0.25) is 0 Å². The van der Waals surface area contributed by atoms with Gasteiger partial charge in [0, 0.05) is 18.1 Å². The normalized spacial score (nSPS) is 32.4. The van der Waals surface area contributed by atoms with E-state index in [1.54, 1.807) is 0 Å². The van der Waals surface area contributed by atoms with Gasteiger partial charge < -0.3 is 5.73 Å². The molecule has 1 aliphatic heterocycles. The second kappa shape index (κ2) is 7.26. The molecular formula is C18H36N2. The van der Waals surface area contributed by atoms with Crippen molar-refractivity contribution in [2.75, 3.05) is 13.1 Å². The molecule has 0 aromatic carbocycles. The summed E-state index contributed by atoms with van der Waals surface area (Å²) in [6.45, 7) is 9.23. The van der Waals surface area contributed by atoms with Crippen LogP contribution in [0.2, 0.25) is 0 Å². The van der Waals surface area contributed by atoms with Gasteiger partial charge in [0.05, 0.1) is 0 Å². The number of fused-ring (bicyclic) bond motifs is 1. The first-order valence-electron chi connectivity index (χ1n) is 9.13. The molecular weight excluding hydrogens is 244 g/mol. The van der Waals surface area contributed by atoms with E-state index in [2.05, 4.69) is 25.7 Å².